The van der Waals surface area contributed by atoms with Crippen LogP contribution in [0.5, 0.6) is 0 Å². The third-order valence-electron chi connectivity index (χ3n) is 3.38. The Morgan fingerprint density at radius 3 is 3.21 bits per heavy atom. The van der Waals surface area contributed by atoms with Crippen molar-refractivity contribution in [2.75, 3.05) is 26.2 Å². The molecule has 0 spiro atoms. The normalized spacial score (nSPS) is 20.2. The second-order valence-corrected chi connectivity index (χ2v) is 4.71. The molecule has 2 heterocycles. The summed E-state index contributed by atoms with van der Waals surface area (Å²) in [6.07, 6.45) is 1.80. The van der Waals surface area contributed by atoms with Crippen molar-refractivity contribution in [1.82, 2.24) is 15.2 Å². The number of pyridine rings is 1. The van der Waals surface area contributed by atoms with Crippen molar-refractivity contribution in [3.8, 4) is 0 Å². The molecule has 1 aromatic rings. The average molecular weight is 263 g/mol. The molecule has 1 aliphatic rings. The van der Waals surface area contributed by atoms with E-state index in [0.29, 0.717) is 19.7 Å². The van der Waals surface area contributed by atoms with E-state index in [4.69, 9.17) is 4.74 Å². The van der Waals surface area contributed by atoms with E-state index in [0.717, 1.165) is 24.3 Å². The number of hydrogen-bond acceptors (Lipinski definition) is 5. The van der Waals surface area contributed by atoms with Crippen LogP contribution in [0.4, 0.5) is 0 Å². The zero-order chi connectivity index (χ0) is 13.7. The molecule has 19 heavy (non-hydrogen) atoms. The molecule has 0 aliphatic carbocycles. The highest BCUT2D eigenvalue weighted by molar-refractivity contribution is 5.76. The van der Waals surface area contributed by atoms with Gasteiger partial charge in [0.05, 0.1) is 12.3 Å². The van der Waals surface area contributed by atoms with Crippen molar-refractivity contribution in [2.24, 2.45) is 0 Å². The molecule has 5 nitrogen and oxygen atoms in total. The van der Waals surface area contributed by atoms with E-state index < -0.39 is 0 Å². The number of rotatable bonds is 4. The Hall–Kier alpha value is -1.46. The lowest BCUT2D eigenvalue weighted by atomic mass is 10.1. The van der Waals surface area contributed by atoms with Crippen LogP contribution in [0.1, 0.15) is 18.2 Å². The summed E-state index contributed by atoms with van der Waals surface area (Å²) in [4.78, 5) is 18.5. The van der Waals surface area contributed by atoms with E-state index >= 15 is 0 Å². The Morgan fingerprint density at radius 1 is 1.63 bits per heavy atom. The first kappa shape index (κ1) is 14.0. The number of ether oxygens (including phenoxy) is 1. The summed E-state index contributed by atoms with van der Waals surface area (Å²) in [6.45, 7) is 7.36. The summed E-state index contributed by atoms with van der Waals surface area (Å²) in [5, 5.41) is 3.24. The lowest BCUT2D eigenvalue weighted by Gasteiger charge is -2.34. The minimum atomic E-state index is -0.213. The standard InChI is InChI=1S/C14H21N3O2/c1-3-19-14(18)13-9-15-7-8-17(13)10-12-11(2)5-4-6-16-12/h4-6,13,15H,3,7-10H2,1-2H3. The Bertz CT molecular complexity index is 436. The van der Waals surface area contributed by atoms with Gasteiger partial charge in [0.25, 0.3) is 0 Å². The molecule has 1 aromatic heterocycles. The van der Waals surface area contributed by atoms with Crippen LogP contribution in [-0.2, 0) is 16.1 Å². The van der Waals surface area contributed by atoms with E-state index in [2.05, 4.69) is 15.2 Å². The Morgan fingerprint density at radius 2 is 2.47 bits per heavy atom. The van der Waals surface area contributed by atoms with Crippen LogP contribution in [-0.4, -0.2) is 48.1 Å². The molecule has 2 rings (SSSR count). The second-order valence-electron chi connectivity index (χ2n) is 4.71. The minimum absolute atomic E-state index is 0.150. The molecule has 1 aliphatic heterocycles. The number of nitrogens with one attached hydrogen (secondary N) is 1. The number of esters is 1. The molecular weight excluding hydrogens is 242 g/mol. The Balaban J connectivity index is 2.07. The molecule has 1 unspecified atom stereocenters. The summed E-state index contributed by atoms with van der Waals surface area (Å²) < 4.78 is 5.14. The van der Waals surface area contributed by atoms with E-state index in [1.165, 1.54) is 0 Å². The van der Waals surface area contributed by atoms with Crippen LogP contribution in [0, 0.1) is 6.92 Å². The highest BCUT2D eigenvalue weighted by Gasteiger charge is 2.30. The number of aryl methyl sites for hydroxylation is 1. The molecule has 0 radical (unpaired) electrons. The maximum atomic E-state index is 12.0. The van der Waals surface area contributed by atoms with Gasteiger partial charge in [-0.2, -0.15) is 0 Å². The maximum absolute atomic E-state index is 12.0. The van der Waals surface area contributed by atoms with Gasteiger partial charge >= 0.3 is 5.97 Å². The van der Waals surface area contributed by atoms with Crippen molar-refractivity contribution < 1.29 is 9.53 Å². The molecule has 1 atom stereocenters. The number of hydrogen-bond donors (Lipinski definition) is 1. The molecular formula is C14H21N3O2. The number of aromatic nitrogens is 1. The monoisotopic (exact) mass is 263 g/mol. The first-order valence-corrected chi connectivity index (χ1v) is 6.74. The zero-order valence-corrected chi connectivity index (χ0v) is 11.6. The van der Waals surface area contributed by atoms with Crippen LogP contribution in [0.3, 0.4) is 0 Å². The SMILES string of the molecule is CCOC(=O)C1CNCCN1Cc1ncccc1C. The Labute approximate surface area is 114 Å². The zero-order valence-electron chi connectivity index (χ0n) is 11.6. The fraction of sp³-hybridized carbons (Fsp3) is 0.571. The van der Waals surface area contributed by atoms with Gasteiger partial charge in [0.2, 0.25) is 0 Å². The van der Waals surface area contributed by atoms with Crippen LogP contribution in [0.2, 0.25) is 0 Å². The molecule has 0 saturated carbocycles. The van der Waals surface area contributed by atoms with Gasteiger partial charge in [-0.15, -0.1) is 0 Å². The Kier molecular flexibility index (Phi) is 4.87. The minimum Gasteiger partial charge on any atom is -0.465 e. The average Bonchev–Trinajstić information content (AvgIpc) is 2.42. The van der Waals surface area contributed by atoms with Crippen molar-refractivity contribution in [3.63, 3.8) is 0 Å². The van der Waals surface area contributed by atoms with E-state index in [1.807, 2.05) is 26.0 Å². The van der Waals surface area contributed by atoms with E-state index in [9.17, 15) is 4.79 Å². The maximum Gasteiger partial charge on any atom is 0.324 e. The van der Waals surface area contributed by atoms with Crippen molar-refractivity contribution >= 4 is 5.97 Å². The fourth-order valence-corrected chi connectivity index (χ4v) is 2.28. The predicted octanol–water partition coefficient (Wildman–Crippen LogP) is 0.727. The first-order chi connectivity index (χ1) is 9.22. The largest absolute Gasteiger partial charge is 0.465 e. The molecule has 0 bridgehead atoms. The smallest absolute Gasteiger partial charge is 0.324 e. The van der Waals surface area contributed by atoms with Crippen LogP contribution >= 0.6 is 0 Å². The van der Waals surface area contributed by atoms with Gasteiger partial charge in [0, 0.05) is 32.4 Å². The van der Waals surface area contributed by atoms with Gasteiger partial charge in [-0.05, 0) is 25.5 Å². The summed E-state index contributed by atoms with van der Waals surface area (Å²) in [5.74, 6) is -0.150. The topological polar surface area (TPSA) is 54.5 Å². The highest BCUT2D eigenvalue weighted by atomic mass is 16.5. The molecule has 1 N–H and O–H groups in total. The quantitative estimate of drug-likeness (QED) is 0.812. The summed E-state index contributed by atoms with van der Waals surface area (Å²) in [5.41, 5.74) is 2.18. The van der Waals surface area contributed by atoms with Crippen molar-refractivity contribution in [2.45, 2.75) is 26.4 Å². The predicted molar refractivity (Wildman–Crippen MR) is 72.7 cm³/mol. The molecule has 0 amide bonds. The molecule has 1 saturated heterocycles. The van der Waals surface area contributed by atoms with Gasteiger partial charge < -0.3 is 10.1 Å². The van der Waals surface area contributed by atoms with Crippen LogP contribution in [0.25, 0.3) is 0 Å². The van der Waals surface area contributed by atoms with Gasteiger partial charge in [0.15, 0.2) is 0 Å². The third kappa shape index (κ3) is 3.52. The van der Waals surface area contributed by atoms with Gasteiger partial charge in [-0.3, -0.25) is 14.7 Å². The van der Waals surface area contributed by atoms with E-state index in [-0.39, 0.29) is 12.0 Å². The van der Waals surface area contributed by atoms with Crippen LogP contribution < -0.4 is 5.32 Å². The first-order valence-electron chi connectivity index (χ1n) is 6.74. The summed E-state index contributed by atoms with van der Waals surface area (Å²) >= 11 is 0. The summed E-state index contributed by atoms with van der Waals surface area (Å²) in [6, 6.07) is 3.76. The molecule has 104 valence electrons. The highest BCUT2D eigenvalue weighted by Crippen LogP contribution is 2.12. The molecule has 0 aromatic carbocycles. The second kappa shape index (κ2) is 6.63. The number of nitrogens with zero attached hydrogens (tertiary/aromatic N) is 2. The third-order valence-corrected chi connectivity index (χ3v) is 3.38. The van der Waals surface area contributed by atoms with Crippen molar-refractivity contribution in [1.29, 1.82) is 0 Å². The number of carbonyl (C=O) groups excluding carboxylic acids is 1. The van der Waals surface area contributed by atoms with Gasteiger partial charge in [0.1, 0.15) is 6.04 Å². The number of carbonyl (C=O) groups is 1. The number of piperazine rings is 1. The lowest BCUT2D eigenvalue weighted by Crippen LogP contribution is -2.55. The molecule has 5 heteroatoms. The fourth-order valence-electron chi connectivity index (χ4n) is 2.28. The van der Waals surface area contributed by atoms with Crippen molar-refractivity contribution in [3.05, 3.63) is 29.6 Å². The molecule has 1 fully saturated rings. The van der Waals surface area contributed by atoms with Gasteiger partial charge in [-0.25, -0.2) is 0 Å². The van der Waals surface area contributed by atoms with Crippen LogP contribution in [0.15, 0.2) is 18.3 Å². The lowest BCUT2D eigenvalue weighted by molar-refractivity contribution is -0.150. The van der Waals surface area contributed by atoms with Gasteiger partial charge in [-0.1, -0.05) is 6.07 Å². The van der Waals surface area contributed by atoms with E-state index in [1.54, 1.807) is 6.20 Å². The summed E-state index contributed by atoms with van der Waals surface area (Å²) in [7, 11) is 0.